The van der Waals surface area contributed by atoms with Crippen molar-refractivity contribution in [1.29, 1.82) is 5.26 Å². The minimum atomic E-state index is 0.0261. The summed E-state index contributed by atoms with van der Waals surface area (Å²) in [5, 5.41) is 24.1. The standard InChI is InChI=1S/C22H16N4OS/c1-15-21(17-9-7-16(13-23)8-10-17)22(27)26(25-15)20-12-11-19(14-24-20)28-18-5-3-2-4-6-18/h2-12,14,27H,1H3. The number of aromatic hydroxyl groups is 1. The quantitative estimate of drug-likeness (QED) is 0.538. The molecule has 0 amide bonds. The zero-order valence-electron chi connectivity index (χ0n) is 15.1. The van der Waals surface area contributed by atoms with Gasteiger partial charge in [0, 0.05) is 16.0 Å². The third-order valence-electron chi connectivity index (χ3n) is 4.26. The highest BCUT2D eigenvalue weighted by molar-refractivity contribution is 7.99. The number of nitriles is 1. The van der Waals surface area contributed by atoms with Crippen molar-refractivity contribution in [2.75, 3.05) is 0 Å². The second-order valence-electron chi connectivity index (χ2n) is 6.15. The van der Waals surface area contributed by atoms with Gasteiger partial charge in [-0.05, 0) is 48.9 Å². The summed E-state index contributed by atoms with van der Waals surface area (Å²) in [7, 11) is 0. The van der Waals surface area contributed by atoms with E-state index < -0.39 is 0 Å². The van der Waals surface area contributed by atoms with Crippen LogP contribution < -0.4 is 0 Å². The lowest BCUT2D eigenvalue weighted by atomic mass is 10.0. The lowest BCUT2D eigenvalue weighted by molar-refractivity contribution is 0.433. The number of nitrogens with zero attached hydrogens (tertiary/aromatic N) is 4. The molecule has 0 radical (unpaired) electrons. The Balaban J connectivity index is 1.63. The van der Waals surface area contributed by atoms with Crippen molar-refractivity contribution in [1.82, 2.24) is 14.8 Å². The van der Waals surface area contributed by atoms with Crippen molar-refractivity contribution in [3.63, 3.8) is 0 Å². The van der Waals surface area contributed by atoms with Crippen molar-refractivity contribution < 1.29 is 5.11 Å². The first kappa shape index (κ1) is 17.8. The van der Waals surface area contributed by atoms with E-state index in [0.29, 0.717) is 22.6 Å². The molecular formula is C22H16N4OS. The molecule has 136 valence electrons. The molecule has 4 aromatic rings. The van der Waals surface area contributed by atoms with Gasteiger partial charge in [-0.3, -0.25) is 0 Å². The van der Waals surface area contributed by atoms with Crippen LogP contribution in [0, 0.1) is 18.3 Å². The summed E-state index contributed by atoms with van der Waals surface area (Å²) in [6.45, 7) is 1.84. The van der Waals surface area contributed by atoms with Gasteiger partial charge in [-0.1, -0.05) is 42.1 Å². The van der Waals surface area contributed by atoms with Crippen LogP contribution in [-0.2, 0) is 0 Å². The maximum absolute atomic E-state index is 10.7. The molecule has 0 saturated carbocycles. The van der Waals surface area contributed by atoms with E-state index in [-0.39, 0.29) is 5.88 Å². The summed E-state index contributed by atoms with van der Waals surface area (Å²) >= 11 is 1.62. The Bertz CT molecular complexity index is 1140. The SMILES string of the molecule is Cc1nn(-c2ccc(Sc3ccccc3)cn2)c(O)c1-c1ccc(C#N)cc1. The number of aromatic nitrogens is 3. The summed E-state index contributed by atoms with van der Waals surface area (Å²) in [5.41, 5.74) is 2.69. The molecule has 4 rings (SSSR count). The largest absolute Gasteiger partial charge is 0.493 e. The smallest absolute Gasteiger partial charge is 0.223 e. The topological polar surface area (TPSA) is 74.7 Å². The van der Waals surface area contributed by atoms with Gasteiger partial charge in [-0.15, -0.1) is 0 Å². The van der Waals surface area contributed by atoms with E-state index in [1.807, 2.05) is 49.4 Å². The van der Waals surface area contributed by atoms with Crippen LogP contribution in [0.25, 0.3) is 16.9 Å². The van der Waals surface area contributed by atoms with E-state index in [0.717, 1.165) is 15.4 Å². The van der Waals surface area contributed by atoms with Crippen LogP contribution in [0.15, 0.2) is 82.7 Å². The summed E-state index contributed by atoms with van der Waals surface area (Å²) in [4.78, 5) is 6.60. The molecule has 0 aliphatic carbocycles. The Morgan fingerprint density at radius 2 is 1.71 bits per heavy atom. The molecule has 2 aromatic heterocycles. The van der Waals surface area contributed by atoms with Crippen molar-refractivity contribution in [3.8, 4) is 28.9 Å². The molecular weight excluding hydrogens is 368 g/mol. The summed E-state index contributed by atoms with van der Waals surface area (Å²) in [6, 6.07) is 23.0. The van der Waals surface area contributed by atoms with Crippen LogP contribution >= 0.6 is 11.8 Å². The molecule has 0 aliphatic heterocycles. The van der Waals surface area contributed by atoms with Crippen LogP contribution in [0.1, 0.15) is 11.3 Å². The van der Waals surface area contributed by atoms with E-state index in [2.05, 4.69) is 16.2 Å². The minimum Gasteiger partial charge on any atom is -0.493 e. The number of hydrogen-bond acceptors (Lipinski definition) is 5. The predicted octanol–water partition coefficient (Wildman–Crippen LogP) is 4.97. The number of rotatable bonds is 4. The fourth-order valence-corrected chi connectivity index (χ4v) is 3.71. The average molecular weight is 384 g/mol. The van der Waals surface area contributed by atoms with Crippen LogP contribution in [-0.4, -0.2) is 19.9 Å². The highest BCUT2D eigenvalue weighted by Crippen LogP contribution is 2.34. The van der Waals surface area contributed by atoms with Gasteiger partial charge >= 0.3 is 0 Å². The Morgan fingerprint density at radius 1 is 0.964 bits per heavy atom. The van der Waals surface area contributed by atoms with Gasteiger partial charge in [-0.25, -0.2) is 4.98 Å². The molecule has 2 aromatic carbocycles. The fraction of sp³-hybridized carbons (Fsp3) is 0.0455. The van der Waals surface area contributed by atoms with Crippen molar-refractivity contribution in [3.05, 3.63) is 84.2 Å². The van der Waals surface area contributed by atoms with Gasteiger partial charge in [0.15, 0.2) is 5.82 Å². The first-order valence-corrected chi connectivity index (χ1v) is 9.46. The van der Waals surface area contributed by atoms with Crippen LogP contribution in [0.2, 0.25) is 0 Å². The van der Waals surface area contributed by atoms with Gasteiger partial charge in [0.1, 0.15) is 0 Å². The molecule has 0 fully saturated rings. The fourth-order valence-electron chi connectivity index (χ4n) is 2.91. The number of hydrogen-bond donors (Lipinski definition) is 1. The Labute approximate surface area is 166 Å². The maximum atomic E-state index is 10.7. The lowest BCUT2D eigenvalue weighted by Crippen LogP contribution is -1.99. The zero-order chi connectivity index (χ0) is 19.5. The van der Waals surface area contributed by atoms with Crippen molar-refractivity contribution in [2.24, 2.45) is 0 Å². The van der Waals surface area contributed by atoms with Gasteiger partial charge in [-0.2, -0.15) is 15.0 Å². The molecule has 0 saturated heterocycles. The molecule has 1 N–H and O–H groups in total. The van der Waals surface area contributed by atoms with E-state index in [4.69, 9.17) is 5.26 Å². The van der Waals surface area contributed by atoms with Crippen molar-refractivity contribution >= 4 is 11.8 Å². The number of pyridine rings is 1. The second-order valence-corrected chi connectivity index (χ2v) is 7.30. The van der Waals surface area contributed by atoms with Crippen LogP contribution in [0.5, 0.6) is 5.88 Å². The normalized spacial score (nSPS) is 10.6. The van der Waals surface area contributed by atoms with E-state index in [9.17, 15) is 5.11 Å². The summed E-state index contributed by atoms with van der Waals surface area (Å²) in [6.07, 6.45) is 1.77. The molecule has 0 unspecified atom stereocenters. The Kier molecular flexibility index (Phi) is 4.83. The Morgan fingerprint density at radius 3 is 2.36 bits per heavy atom. The summed E-state index contributed by atoms with van der Waals surface area (Å²) < 4.78 is 1.43. The van der Waals surface area contributed by atoms with Gasteiger partial charge in [0.2, 0.25) is 5.88 Å². The maximum Gasteiger partial charge on any atom is 0.223 e. The second kappa shape index (κ2) is 7.59. The van der Waals surface area contributed by atoms with E-state index in [1.54, 1.807) is 42.2 Å². The van der Waals surface area contributed by atoms with E-state index >= 15 is 0 Å². The van der Waals surface area contributed by atoms with Crippen LogP contribution in [0.3, 0.4) is 0 Å². The highest BCUT2D eigenvalue weighted by Gasteiger charge is 2.18. The molecule has 6 heteroatoms. The molecule has 0 atom stereocenters. The number of aryl methyl sites for hydroxylation is 1. The van der Waals surface area contributed by atoms with Crippen molar-refractivity contribution in [2.45, 2.75) is 16.7 Å². The lowest BCUT2D eigenvalue weighted by Gasteiger charge is -2.05. The molecule has 28 heavy (non-hydrogen) atoms. The predicted molar refractivity (Wildman–Crippen MR) is 108 cm³/mol. The first-order chi connectivity index (χ1) is 13.7. The third-order valence-corrected chi connectivity index (χ3v) is 5.24. The molecule has 0 spiro atoms. The molecule has 0 aliphatic rings. The Hall–Kier alpha value is -3.56. The minimum absolute atomic E-state index is 0.0261. The molecule has 0 bridgehead atoms. The first-order valence-electron chi connectivity index (χ1n) is 8.64. The molecule has 5 nitrogen and oxygen atoms in total. The number of benzene rings is 2. The van der Waals surface area contributed by atoms with E-state index in [1.165, 1.54) is 4.68 Å². The monoisotopic (exact) mass is 384 g/mol. The average Bonchev–Trinajstić information content (AvgIpc) is 3.03. The highest BCUT2D eigenvalue weighted by atomic mass is 32.2. The zero-order valence-corrected chi connectivity index (χ0v) is 15.9. The van der Waals surface area contributed by atoms with Crippen LogP contribution in [0.4, 0.5) is 0 Å². The van der Waals surface area contributed by atoms with Gasteiger partial charge < -0.3 is 5.11 Å². The van der Waals surface area contributed by atoms with Gasteiger partial charge in [0.25, 0.3) is 0 Å². The molecule has 2 heterocycles. The summed E-state index contributed by atoms with van der Waals surface area (Å²) in [5.74, 6) is 0.566. The van der Waals surface area contributed by atoms with Gasteiger partial charge in [0.05, 0.1) is 22.9 Å². The third kappa shape index (κ3) is 3.48.